The first-order chi connectivity index (χ1) is 9.54. The van der Waals surface area contributed by atoms with Crippen LogP contribution in [0.25, 0.3) is 22.3 Å². The molecule has 1 aromatic heterocycles. The first-order valence-electron chi connectivity index (χ1n) is 6.35. The molecule has 0 aliphatic heterocycles. The average Bonchev–Trinajstić information content (AvgIpc) is 2.37. The van der Waals surface area contributed by atoms with E-state index in [-0.39, 0.29) is 0 Å². The maximum absolute atomic E-state index is 6.03. The number of anilines is 1. The third kappa shape index (κ3) is 2.21. The summed E-state index contributed by atoms with van der Waals surface area (Å²) < 4.78 is 0. The highest BCUT2D eigenvalue weighted by molar-refractivity contribution is 6.31. The van der Waals surface area contributed by atoms with Crippen LogP contribution >= 0.6 is 11.6 Å². The van der Waals surface area contributed by atoms with Crippen LogP contribution in [0.4, 0.5) is 5.82 Å². The number of benzene rings is 2. The van der Waals surface area contributed by atoms with Crippen molar-refractivity contribution >= 4 is 28.3 Å². The second kappa shape index (κ2) is 4.76. The predicted octanol–water partition coefficient (Wildman–Crippen LogP) is 4.15. The number of aromatic nitrogens is 2. The van der Waals surface area contributed by atoms with E-state index in [1.165, 1.54) is 5.56 Å². The van der Waals surface area contributed by atoms with Crippen LogP contribution in [0.1, 0.15) is 11.1 Å². The molecule has 3 rings (SSSR count). The molecule has 2 N–H and O–H groups in total. The van der Waals surface area contributed by atoms with Crippen LogP contribution in [0.3, 0.4) is 0 Å². The van der Waals surface area contributed by atoms with E-state index >= 15 is 0 Å². The van der Waals surface area contributed by atoms with Gasteiger partial charge < -0.3 is 5.73 Å². The number of nitrogen functional groups attached to an aromatic ring is 1. The molecule has 2 aromatic carbocycles. The Hall–Kier alpha value is -2.13. The van der Waals surface area contributed by atoms with E-state index in [0.29, 0.717) is 16.7 Å². The molecule has 0 radical (unpaired) electrons. The summed E-state index contributed by atoms with van der Waals surface area (Å²) in [5, 5.41) is 1.46. The fourth-order valence-electron chi connectivity index (χ4n) is 2.31. The number of nitrogens with two attached hydrogens (primary N) is 1. The normalized spacial score (nSPS) is 10.9. The Morgan fingerprint density at radius 3 is 2.55 bits per heavy atom. The Morgan fingerprint density at radius 2 is 1.80 bits per heavy atom. The van der Waals surface area contributed by atoms with Gasteiger partial charge in [-0.25, -0.2) is 9.97 Å². The van der Waals surface area contributed by atoms with Crippen molar-refractivity contribution < 1.29 is 0 Å². The van der Waals surface area contributed by atoms with Crippen molar-refractivity contribution in [3.8, 4) is 11.4 Å². The predicted molar refractivity (Wildman–Crippen MR) is 83.9 cm³/mol. The quantitative estimate of drug-likeness (QED) is 0.730. The molecule has 3 aromatic rings. The number of rotatable bonds is 1. The van der Waals surface area contributed by atoms with E-state index < -0.39 is 0 Å². The van der Waals surface area contributed by atoms with Crippen molar-refractivity contribution in [3.05, 3.63) is 52.5 Å². The molecule has 0 spiro atoms. The summed E-state index contributed by atoms with van der Waals surface area (Å²) in [6.45, 7) is 4.11. The van der Waals surface area contributed by atoms with Crippen LogP contribution in [0.15, 0.2) is 36.4 Å². The zero-order valence-corrected chi connectivity index (χ0v) is 12.1. The molecule has 1 heterocycles. The number of fused-ring (bicyclic) bond motifs is 1. The second-order valence-corrected chi connectivity index (χ2v) is 5.35. The maximum Gasteiger partial charge on any atom is 0.162 e. The molecule has 0 saturated carbocycles. The summed E-state index contributed by atoms with van der Waals surface area (Å²) in [7, 11) is 0. The van der Waals surface area contributed by atoms with Crippen LogP contribution in [-0.4, -0.2) is 9.97 Å². The van der Waals surface area contributed by atoms with Crippen molar-refractivity contribution in [1.29, 1.82) is 0 Å². The summed E-state index contributed by atoms with van der Waals surface area (Å²) >= 11 is 6.02. The molecule has 0 fully saturated rings. The topological polar surface area (TPSA) is 51.8 Å². The molecule has 0 aliphatic rings. The number of halogens is 1. The van der Waals surface area contributed by atoms with Crippen LogP contribution in [0.5, 0.6) is 0 Å². The number of hydrogen-bond donors (Lipinski definition) is 1. The number of hydrogen-bond acceptors (Lipinski definition) is 3. The van der Waals surface area contributed by atoms with Crippen molar-refractivity contribution in [2.75, 3.05) is 5.73 Å². The Labute approximate surface area is 122 Å². The lowest BCUT2D eigenvalue weighted by Crippen LogP contribution is -1.99. The summed E-state index contributed by atoms with van der Waals surface area (Å²) in [5.74, 6) is 1.11. The molecule has 0 unspecified atom stereocenters. The first-order valence-corrected chi connectivity index (χ1v) is 6.73. The van der Waals surface area contributed by atoms with Crippen molar-refractivity contribution in [1.82, 2.24) is 9.97 Å². The number of aryl methyl sites for hydroxylation is 2. The monoisotopic (exact) mass is 283 g/mol. The second-order valence-electron chi connectivity index (χ2n) is 4.91. The van der Waals surface area contributed by atoms with Crippen LogP contribution < -0.4 is 5.73 Å². The Balaban J connectivity index is 2.26. The summed E-state index contributed by atoms with van der Waals surface area (Å²) in [4.78, 5) is 9.00. The Morgan fingerprint density at radius 1 is 1.00 bits per heavy atom. The molecule has 0 aliphatic carbocycles. The molecule has 0 saturated heterocycles. The molecule has 100 valence electrons. The summed E-state index contributed by atoms with van der Waals surface area (Å²) in [5.41, 5.74) is 10.1. The third-order valence-electron chi connectivity index (χ3n) is 3.31. The van der Waals surface area contributed by atoms with Gasteiger partial charge in [-0.3, -0.25) is 0 Å². The Kier molecular flexibility index (Phi) is 3.07. The number of nitrogens with zero attached hydrogens (tertiary/aromatic N) is 2. The molecular formula is C16H14ClN3. The zero-order chi connectivity index (χ0) is 14.3. The van der Waals surface area contributed by atoms with Crippen molar-refractivity contribution in [3.63, 3.8) is 0 Å². The van der Waals surface area contributed by atoms with Gasteiger partial charge >= 0.3 is 0 Å². The average molecular weight is 284 g/mol. The van der Waals surface area contributed by atoms with E-state index in [4.69, 9.17) is 17.3 Å². The van der Waals surface area contributed by atoms with E-state index in [1.807, 2.05) is 31.2 Å². The standard InChI is InChI=1S/C16H14ClN3/c1-9-3-5-12(10(2)7-9)16-19-14-8-11(17)4-6-13(14)15(18)20-16/h3-8H,1-2H3,(H2,18,19,20). The minimum Gasteiger partial charge on any atom is -0.383 e. The lowest BCUT2D eigenvalue weighted by atomic mass is 10.0. The Bertz CT molecular complexity index is 812. The minimum atomic E-state index is 0.474. The molecule has 0 atom stereocenters. The molecule has 4 heteroatoms. The van der Waals surface area contributed by atoms with E-state index in [9.17, 15) is 0 Å². The van der Waals surface area contributed by atoms with Gasteiger partial charge in [0.15, 0.2) is 5.82 Å². The maximum atomic E-state index is 6.03. The van der Waals surface area contributed by atoms with Gasteiger partial charge in [-0.1, -0.05) is 35.4 Å². The van der Waals surface area contributed by atoms with Gasteiger partial charge in [0.25, 0.3) is 0 Å². The first kappa shape index (κ1) is 12.9. The van der Waals surface area contributed by atoms with Gasteiger partial charge in [0.1, 0.15) is 5.82 Å². The smallest absolute Gasteiger partial charge is 0.162 e. The van der Waals surface area contributed by atoms with Gasteiger partial charge in [0.2, 0.25) is 0 Å². The van der Waals surface area contributed by atoms with E-state index in [1.54, 1.807) is 6.07 Å². The lowest BCUT2D eigenvalue weighted by Gasteiger charge is -2.08. The van der Waals surface area contributed by atoms with Crippen LogP contribution in [0.2, 0.25) is 5.02 Å². The fourth-order valence-corrected chi connectivity index (χ4v) is 2.48. The molecule has 0 amide bonds. The molecule has 3 nitrogen and oxygen atoms in total. The van der Waals surface area contributed by atoms with Gasteiger partial charge in [-0.15, -0.1) is 0 Å². The fraction of sp³-hybridized carbons (Fsp3) is 0.125. The largest absolute Gasteiger partial charge is 0.383 e. The molecule has 20 heavy (non-hydrogen) atoms. The van der Waals surface area contributed by atoms with Gasteiger partial charge in [0.05, 0.1) is 5.52 Å². The highest BCUT2D eigenvalue weighted by atomic mass is 35.5. The SMILES string of the molecule is Cc1ccc(-c2nc(N)c3ccc(Cl)cc3n2)c(C)c1. The van der Waals surface area contributed by atoms with Gasteiger partial charge in [-0.2, -0.15) is 0 Å². The summed E-state index contributed by atoms with van der Waals surface area (Å²) in [6.07, 6.45) is 0. The van der Waals surface area contributed by atoms with Crippen LogP contribution in [-0.2, 0) is 0 Å². The van der Waals surface area contributed by atoms with Crippen molar-refractivity contribution in [2.45, 2.75) is 13.8 Å². The zero-order valence-electron chi connectivity index (χ0n) is 11.3. The van der Waals surface area contributed by atoms with E-state index in [2.05, 4.69) is 23.0 Å². The van der Waals surface area contributed by atoms with Gasteiger partial charge in [0, 0.05) is 16.0 Å². The van der Waals surface area contributed by atoms with Gasteiger partial charge in [-0.05, 0) is 37.6 Å². The highest BCUT2D eigenvalue weighted by Gasteiger charge is 2.09. The third-order valence-corrected chi connectivity index (χ3v) is 3.55. The lowest BCUT2D eigenvalue weighted by molar-refractivity contribution is 1.22. The van der Waals surface area contributed by atoms with Crippen LogP contribution in [0, 0.1) is 13.8 Å². The summed E-state index contributed by atoms with van der Waals surface area (Å²) in [6, 6.07) is 11.6. The molecule has 0 bridgehead atoms. The van der Waals surface area contributed by atoms with Crippen molar-refractivity contribution in [2.24, 2.45) is 0 Å². The molecular weight excluding hydrogens is 270 g/mol. The van der Waals surface area contributed by atoms with E-state index in [0.717, 1.165) is 22.0 Å². The highest BCUT2D eigenvalue weighted by Crippen LogP contribution is 2.27. The minimum absolute atomic E-state index is 0.474.